The molecule has 0 bridgehead atoms. The fourth-order valence-electron chi connectivity index (χ4n) is 2.70. The summed E-state index contributed by atoms with van der Waals surface area (Å²) in [6.07, 6.45) is 3.85. The summed E-state index contributed by atoms with van der Waals surface area (Å²) >= 11 is 1.40. The van der Waals surface area contributed by atoms with Gasteiger partial charge in [0.25, 0.3) is 5.91 Å². The summed E-state index contributed by atoms with van der Waals surface area (Å²) in [5.74, 6) is 1.34. The first-order valence-electron chi connectivity index (χ1n) is 8.66. The van der Waals surface area contributed by atoms with Gasteiger partial charge in [-0.15, -0.1) is 0 Å². The first-order chi connectivity index (χ1) is 13.0. The van der Waals surface area contributed by atoms with E-state index in [2.05, 4.69) is 10.3 Å². The molecule has 0 aliphatic carbocycles. The minimum absolute atomic E-state index is 0.121. The Morgan fingerprint density at radius 3 is 2.52 bits per heavy atom. The van der Waals surface area contributed by atoms with Crippen molar-refractivity contribution in [2.45, 2.75) is 26.3 Å². The summed E-state index contributed by atoms with van der Waals surface area (Å²) in [5, 5.41) is 3.78. The first kappa shape index (κ1) is 19.0. The largest absolute Gasteiger partial charge is 0.493 e. The van der Waals surface area contributed by atoms with Crippen LogP contribution in [0.1, 0.15) is 40.7 Å². The van der Waals surface area contributed by atoms with Crippen LogP contribution >= 0.6 is 11.3 Å². The lowest BCUT2D eigenvalue weighted by Crippen LogP contribution is -2.23. The van der Waals surface area contributed by atoms with Gasteiger partial charge in [-0.2, -0.15) is 0 Å². The second-order valence-corrected chi connectivity index (χ2v) is 7.31. The normalized spacial score (nSPS) is 10.9. The molecule has 1 aromatic carbocycles. The predicted molar refractivity (Wildman–Crippen MR) is 106 cm³/mol. The molecule has 0 unspecified atom stereocenters. The fourth-order valence-corrected chi connectivity index (χ4v) is 3.80. The minimum atomic E-state index is -0.121. The molecule has 142 valence electrons. The van der Waals surface area contributed by atoms with E-state index in [-0.39, 0.29) is 11.8 Å². The summed E-state index contributed by atoms with van der Waals surface area (Å²) < 4.78 is 12.5. The number of hydrogen-bond acceptors (Lipinski definition) is 5. The fraction of sp³-hybridized carbons (Fsp3) is 0.300. The van der Waals surface area contributed by atoms with Crippen molar-refractivity contribution in [3.63, 3.8) is 0 Å². The smallest absolute Gasteiger partial charge is 0.263 e. The van der Waals surface area contributed by atoms with Gasteiger partial charge < -0.3 is 19.4 Å². The maximum absolute atomic E-state index is 12.8. The van der Waals surface area contributed by atoms with Crippen LogP contribution < -0.4 is 14.8 Å². The lowest BCUT2D eigenvalue weighted by Gasteiger charge is -2.10. The highest BCUT2D eigenvalue weighted by molar-refractivity contribution is 7.16. The highest BCUT2D eigenvalue weighted by atomic mass is 32.1. The Balaban J connectivity index is 1.78. The van der Waals surface area contributed by atoms with E-state index in [1.165, 1.54) is 11.3 Å². The molecule has 1 amide bonds. The van der Waals surface area contributed by atoms with Crippen LogP contribution in [0.25, 0.3) is 5.13 Å². The predicted octanol–water partition coefficient (Wildman–Crippen LogP) is 4.00. The second kappa shape index (κ2) is 8.26. The van der Waals surface area contributed by atoms with Gasteiger partial charge in [-0.3, -0.25) is 4.79 Å². The molecular formula is C20H23N3O3S. The summed E-state index contributed by atoms with van der Waals surface area (Å²) in [4.78, 5) is 18.1. The van der Waals surface area contributed by atoms with Crippen molar-refractivity contribution in [3.8, 4) is 16.6 Å². The van der Waals surface area contributed by atoms with Crippen LogP contribution in [0.3, 0.4) is 0 Å². The topological polar surface area (TPSA) is 65.4 Å². The van der Waals surface area contributed by atoms with Crippen LogP contribution in [0.4, 0.5) is 0 Å². The first-order valence-corrected chi connectivity index (χ1v) is 9.48. The Kier molecular flexibility index (Phi) is 5.81. The molecule has 2 aromatic heterocycles. The van der Waals surface area contributed by atoms with E-state index < -0.39 is 0 Å². The van der Waals surface area contributed by atoms with Gasteiger partial charge in [0, 0.05) is 18.9 Å². The summed E-state index contributed by atoms with van der Waals surface area (Å²) in [5.41, 5.74) is 1.75. The lowest BCUT2D eigenvalue weighted by atomic mass is 10.1. The van der Waals surface area contributed by atoms with Crippen molar-refractivity contribution in [3.05, 3.63) is 58.9 Å². The number of nitrogens with one attached hydrogen (secondary N) is 1. The Labute approximate surface area is 162 Å². The van der Waals surface area contributed by atoms with E-state index >= 15 is 0 Å². The van der Waals surface area contributed by atoms with E-state index in [1.54, 1.807) is 14.2 Å². The second-order valence-electron chi connectivity index (χ2n) is 6.33. The van der Waals surface area contributed by atoms with E-state index in [4.69, 9.17) is 9.47 Å². The average Bonchev–Trinajstić information content (AvgIpc) is 3.35. The maximum atomic E-state index is 12.8. The molecule has 27 heavy (non-hydrogen) atoms. The number of benzene rings is 1. The number of ether oxygens (including phenoxy) is 2. The number of carbonyl (C=O) groups is 1. The van der Waals surface area contributed by atoms with Gasteiger partial charge in [0.1, 0.15) is 4.88 Å². The Morgan fingerprint density at radius 1 is 1.19 bits per heavy atom. The van der Waals surface area contributed by atoms with Crippen LogP contribution in [0.2, 0.25) is 0 Å². The van der Waals surface area contributed by atoms with Gasteiger partial charge in [-0.25, -0.2) is 4.98 Å². The maximum Gasteiger partial charge on any atom is 0.263 e. The van der Waals surface area contributed by atoms with Gasteiger partial charge >= 0.3 is 0 Å². The molecule has 3 aromatic rings. The van der Waals surface area contributed by atoms with Crippen molar-refractivity contribution < 1.29 is 14.3 Å². The van der Waals surface area contributed by atoms with E-state index in [0.717, 1.165) is 16.4 Å². The Morgan fingerprint density at radius 2 is 1.89 bits per heavy atom. The van der Waals surface area contributed by atoms with Crippen molar-refractivity contribution in [2.24, 2.45) is 0 Å². The molecule has 0 atom stereocenters. The number of hydrogen-bond donors (Lipinski definition) is 1. The van der Waals surface area contributed by atoms with Gasteiger partial charge in [-0.05, 0) is 35.7 Å². The van der Waals surface area contributed by atoms with Crippen molar-refractivity contribution in [2.75, 3.05) is 14.2 Å². The lowest BCUT2D eigenvalue weighted by molar-refractivity contribution is 0.0953. The van der Waals surface area contributed by atoms with Gasteiger partial charge in [-0.1, -0.05) is 31.3 Å². The summed E-state index contributed by atoms with van der Waals surface area (Å²) in [7, 11) is 3.19. The van der Waals surface area contributed by atoms with Crippen LogP contribution in [0.15, 0.2) is 42.7 Å². The van der Waals surface area contributed by atoms with Crippen LogP contribution in [-0.4, -0.2) is 29.7 Å². The monoisotopic (exact) mass is 385 g/mol. The molecule has 0 saturated carbocycles. The van der Waals surface area contributed by atoms with Crippen LogP contribution in [0.5, 0.6) is 11.5 Å². The summed E-state index contributed by atoms with van der Waals surface area (Å²) in [6.45, 7) is 4.48. The number of nitrogens with zero attached hydrogens (tertiary/aromatic N) is 2. The zero-order valence-corrected chi connectivity index (χ0v) is 16.7. The zero-order chi connectivity index (χ0) is 19.4. The molecule has 1 N–H and O–H groups in total. The van der Waals surface area contributed by atoms with Crippen molar-refractivity contribution >= 4 is 17.2 Å². The molecule has 0 fully saturated rings. The van der Waals surface area contributed by atoms with E-state index in [9.17, 15) is 4.79 Å². The van der Waals surface area contributed by atoms with Crippen LogP contribution in [-0.2, 0) is 6.54 Å². The number of amides is 1. The molecular weight excluding hydrogens is 362 g/mol. The Hall–Kier alpha value is -2.80. The van der Waals surface area contributed by atoms with Crippen LogP contribution in [0, 0.1) is 0 Å². The molecule has 2 heterocycles. The number of aromatic nitrogens is 2. The number of rotatable bonds is 7. The standard InChI is InChI=1S/C20H23N3O3S/c1-13(2)17-18(27-20(22-17)23-9-5-6-10-23)19(24)21-12-14-7-8-15(25-3)16(11-14)26-4/h5-11,13H,12H2,1-4H3,(H,21,24). The molecule has 3 rings (SSSR count). The number of methoxy groups -OCH3 is 2. The quantitative estimate of drug-likeness (QED) is 0.667. The molecule has 0 spiro atoms. The third kappa shape index (κ3) is 4.14. The molecule has 0 saturated heterocycles. The number of carbonyl (C=O) groups excluding carboxylic acids is 1. The SMILES string of the molecule is COc1ccc(CNC(=O)c2sc(-n3cccc3)nc2C(C)C)cc1OC. The Bertz CT molecular complexity index is 917. The van der Waals surface area contributed by atoms with E-state index in [0.29, 0.717) is 22.9 Å². The highest BCUT2D eigenvalue weighted by Gasteiger charge is 2.21. The average molecular weight is 385 g/mol. The number of thiazole rings is 1. The highest BCUT2D eigenvalue weighted by Crippen LogP contribution is 2.29. The van der Waals surface area contributed by atoms with Crippen molar-refractivity contribution in [1.29, 1.82) is 0 Å². The molecule has 7 heteroatoms. The zero-order valence-electron chi connectivity index (χ0n) is 15.9. The third-order valence-corrected chi connectivity index (χ3v) is 5.20. The van der Waals surface area contributed by atoms with Gasteiger partial charge in [0.05, 0.1) is 19.9 Å². The van der Waals surface area contributed by atoms with E-state index in [1.807, 2.05) is 61.1 Å². The summed E-state index contributed by atoms with van der Waals surface area (Å²) in [6, 6.07) is 9.47. The molecule has 6 nitrogen and oxygen atoms in total. The minimum Gasteiger partial charge on any atom is -0.493 e. The van der Waals surface area contributed by atoms with Crippen molar-refractivity contribution in [1.82, 2.24) is 14.9 Å². The molecule has 0 radical (unpaired) electrons. The third-order valence-electron chi connectivity index (χ3n) is 4.12. The van der Waals surface area contributed by atoms with Gasteiger partial charge in [0.2, 0.25) is 0 Å². The van der Waals surface area contributed by atoms with Gasteiger partial charge in [0.15, 0.2) is 16.6 Å². The molecule has 0 aliphatic rings. The molecule has 0 aliphatic heterocycles.